The molecular weight excluding hydrogens is 214 g/mol. The second-order valence-corrected chi connectivity index (χ2v) is 3.77. The molecule has 1 aromatic rings. The van der Waals surface area contributed by atoms with E-state index in [2.05, 4.69) is 0 Å². The molecule has 0 aliphatic rings. The van der Waals surface area contributed by atoms with Gasteiger partial charge in [-0.1, -0.05) is 18.2 Å². The van der Waals surface area contributed by atoms with E-state index in [1.54, 1.807) is 0 Å². The van der Waals surface area contributed by atoms with E-state index in [4.69, 9.17) is 4.74 Å². The number of ether oxygens (including phenoxy) is 1. The van der Waals surface area contributed by atoms with E-state index < -0.39 is 0 Å². The van der Waals surface area contributed by atoms with Gasteiger partial charge in [0.15, 0.2) is 0 Å². The minimum atomic E-state index is 0.165. The van der Waals surface area contributed by atoms with E-state index in [9.17, 15) is 4.79 Å². The predicted octanol–water partition coefficient (Wildman–Crippen LogP) is 2.86. The summed E-state index contributed by atoms with van der Waals surface area (Å²) in [4.78, 5) is 13.8. The lowest BCUT2D eigenvalue weighted by Gasteiger charge is -2.20. The van der Waals surface area contributed by atoms with Gasteiger partial charge >= 0.3 is 0 Å². The summed E-state index contributed by atoms with van der Waals surface area (Å²) < 4.78 is 5.23. The van der Waals surface area contributed by atoms with Crippen molar-refractivity contribution >= 4 is 11.6 Å². The van der Waals surface area contributed by atoms with Gasteiger partial charge in [-0.25, -0.2) is 0 Å². The third kappa shape index (κ3) is 4.57. The van der Waals surface area contributed by atoms with Crippen molar-refractivity contribution < 1.29 is 9.53 Å². The van der Waals surface area contributed by atoms with E-state index in [1.807, 2.05) is 49.1 Å². The zero-order chi connectivity index (χ0) is 12.5. The molecule has 0 aromatic heterocycles. The monoisotopic (exact) mass is 235 g/mol. The topological polar surface area (TPSA) is 29.5 Å². The maximum atomic E-state index is 12.0. The van der Waals surface area contributed by atoms with Crippen molar-refractivity contribution in [3.8, 4) is 0 Å². The van der Waals surface area contributed by atoms with Gasteiger partial charge in [-0.3, -0.25) is 4.79 Å². The number of amides is 1. The normalized spacial score (nSPS) is 10.2. The SMILES string of the molecule is CCOCCCC(=O)N(CC)c1ccccc1. The molecule has 0 heterocycles. The molecule has 0 saturated carbocycles. The minimum Gasteiger partial charge on any atom is -0.382 e. The van der Waals surface area contributed by atoms with E-state index in [-0.39, 0.29) is 5.91 Å². The summed E-state index contributed by atoms with van der Waals surface area (Å²) in [7, 11) is 0. The summed E-state index contributed by atoms with van der Waals surface area (Å²) in [6.07, 6.45) is 1.33. The molecule has 0 fully saturated rings. The van der Waals surface area contributed by atoms with E-state index in [0.717, 1.165) is 12.1 Å². The van der Waals surface area contributed by atoms with Gasteiger partial charge in [0.2, 0.25) is 5.91 Å². The number of anilines is 1. The molecule has 0 spiro atoms. The van der Waals surface area contributed by atoms with Crippen LogP contribution in [0.1, 0.15) is 26.7 Å². The predicted molar refractivity (Wildman–Crippen MR) is 70.2 cm³/mol. The molecule has 3 heteroatoms. The molecule has 1 aromatic carbocycles. The molecular formula is C14H21NO2. The molecule has 0 aliphatic carbocycles. The summed E-state index contributed by atoms with van der Waals surface area (Å²) in [6.45, 7) is 6.04. The first-order chi connectivity index (χ1) is 8.29. The fourth-order valence-corrected chi connectivity index (χ4v) is 1.72. The highest BCUT2D eigenvalue weighted by molar-refractivity contribution is 5.93. The fourth-order valence-electron chi connectivity index (χ4n) is 1.72. The minimum absolute atomic E-state index is 0.165. The van der Waals surface area contributed by atoms with Crippen LogP contribution in [-0.4, -0.2) is 25.7 Å². The van der Waals surface area contributed by atoms with Gasteiger partial charge in [-0.15, -0.1) is 0 Å². The van der Waals surface area contributed by atoms with E-state index >= 15 is 0 Å². The van der Waals surface area contributed by atoms with Gasteiger partial charge in [0.25, 0.3) is 0 Å². The van der Waals surface area contributed by atoms with Gasteiger partial charge in [0.05, 0.1) is 0 Å². The number of hydrogen-bond acceptors (Lipinski definition) is 2. The lowest BCUT2D eigenvalue weighted by Crippen LogP contribution is -2.30. The number of para-hydroxylation sites is 1. The van der Waals surface area contributed by atoms with Gasteiger partial charge < -0.3 is 9.64 Å². The number of carbonyl (C=O) groups excluding carboxylic acids is 1. The highest BCUT2D eigenvalue weighted by Crippen LogP contribution is 2.14. The lowest BCUT2D eigenvalue weighted by molar-refractivity contribution is -0.118. The van der Waals surface area contributed by atoms with E-state index in [0.29, 0.717) is 26.2 Å². The first-order valence-electron chi connectivity index (χ1n) is 6.22. The average Bonchev–Trinajstić information content (AvgIpc) is 2.37. The Balaban J connectivity index is 2.48. The van der Waals surface area contributed by atoms with Crippen molar-refractivity contribution in [3.63, 3.8) is 0 Å². The van der Waals surface area contributed by atoms with Crippen molar-refractivity contribution in [3.05, 3.63) is 30.3 Å². The molecule has 0 atom stereocenters. The molecule has 3 nitrogen and oxygen atoms in total. The Morgan fingerprint density at radius 2 is 1.94 bits per heavy atom. The van der Waals surface area contributed by atoms with Crippen LogP contribution in [0.3, 0.4) is 0 Å². The molecule has 0 unspecified atom stereocenters. The molecule has 17 heavy (non-hydrogen) atoms. The standard InChI is InChI=1S/C14H21NO2/c1-3-15(13-9-6-5-7-10-13)14(16)11-8-12-17-4-2/h5-7,9-10H,3-4,8,11-12H2,1-2H3. The van der Waals surface area contributed by atoms with Crippen LogP contribution in [0, 0.1) is 0 Å². The van der Waals surface area contributed by atoms with Crippen LogP contribution >= 0.6 is 0 Å². The van der Waals surface area contributed by atoms with Gasteiger partial charge in [-0.05, 0) is 32.4 Å². The molecule has 1 amide bonds. The van der Waals surface area contributed by atoms with Crippen molar-refractivity contribution in [2.75, 3.05) is 24.7 Å². The second kappa shape index (κ2) is 7.85. The summed E-state index contributed by atoms with van der Waals surface area (Å²) in [5.41, 5.74) is 0.969. The number of carbonyl (C=O) groups is 1. The lowest BCUT2D eigenvalue weighted by atomic mass is 10.2. The van der Waals surface area contributed by atoms with Crippen molar-refractivity contribution in [2.45, 2.75) is 26.7 Å². The highest BCUT2D eigenvalue weighted by Gasteiger charge is 2.12. The van der Waals surface area contributed by atoms with E-state index in [1.165, 1.54) is 0 Å². The number of rotatable bonds is 7. The first-order valence-corrected chi connectivity index (χ1v) is 6.22. The van der Waals surface area contributed by atoms with Gasteiger partial charge in [0, 0.05) is 31.9 Å². The van der Waals surface area contributed by atoms with Crippen molar-refractivity contribution in [1.29, 1.82) is 0 Å². The zero-order valence-corrected chi connectivity index (χ0v) is 10.7. The quantitative estimate of drug-likeness (QED) is 0.680. The Morgan fingerprint density at radius 1 is 1.24 bits per heavy atom. The zero-order valence-electron chi connectivity index (χ0n) is 10.7. The molecule has 0 N–H and O–H groups in total. The number of hydrogen-bond donors (Lipinski definition) is 0. The summed E-state index contributed by atoms with van der Waals surface area (Å²) in [5.74, 6) is 0.165. The fraction of sp³-hybridized carbons (Fsp3) is 0.500. The molecule has 94 valence electrons. The van der Waals surface area contributed by atoms with Crippen LogP contribution in [-0.2, 0) is 9.53 Å². The Labute approximate surface area is 103 Å². The van der Waals surface area contributed by atoms with Crippen LogP contribution in [0.15, 0.2) is 30.3 Å². The maximum Gasteiger partial charge on any atom is 0.227 e. The highest BCUT2D eigenvalue weighted by atomic mass is 16.5. The summed E-state index contributed by atoms with van der Waals surface area (Å²) in [5, 5.41) is 0. The average molecular weight is 235 g/mol. The largest absolute Gasteiger partial charge is 0.382 e. The van der Waals surface area contributed by atoms with Crippen LogP contribution in [0.4, 0.5) is 5.69 Å². The molecule has 0 saturated heterocycles. The molecule has 1 rings (SSSR count). The Morgan fingerprint density at radius 3 is 2.53 bits per heavy atom. The van der Waals surface area contributed by atoms with Crippen LogP contribution in [0.25, 0.3) is 0 Å². The second-order valence-electron chi connectivity index (χ2n) is 3.77. The smallest absolute Gasteiger partial charge is 0.227 e. The Hall–Kier alpha value is -1.35. The number of benzene rings is 1. The summed E-state index contributed by atoms with van der Waals surface area (Å²) >= 11 is 0. The number of nitrogens with zero attached hydrogens (tertiary/aromatic N) is 1. The van der Waals surface area contributed by atoms with Crippen molar-refractivity contribution in [1.82, 2.24) is 0 Å². The third-order valence-corrected chi connectivity index (χ3v) is 2.57. The van der Waals surface area contributed by atoms with Crippen molar-refractivity contribution in [2.24, 2.45) is 0 Å². The Bertz CT molecular complexity index is 324. The van der Waals surface area contributed by atoms with Gasteiger partial charge in [-0.2, -0.15) is 0 Å². The van der Waals surface area contributed by atoms with Crippen LogP contribution in [0.5, 0.6) is 0 Å². The third-order valence-electron chi connectivity index (χ3n) is 2.57. The Kier molecular flexibility index (Phi) is 6.33. The molecule has 0 radical (unpaired) electrons. The summed E-state index contributed by atoms with van der Waals surface area (Å²) in [6, 6.07) is 9.78. The van der Waals surface area contributed by atoms with Gasteiger partial charge in [0.1, 0.15) is 0 Å². The first kappa shape index (κ1) is 13.7. The maximum absolute atomic E-state index is 12.0. The van der Waals surface area contributed by atoms with Crippen LogP contribution < -0.4 is 4.90 Å². The molecule has 0 bridgehead atoms. The molecule has 0 aliphatic heterocycles. The van der Waals surface area contributed by atoms with Crippen LogP contribution in [0.2, 0.25) is 0 Å².